The van der Waals surface area contributed by atoms with Crippen molar-refractivity contribution in [3.63, 3.8) is 0 Å². The summed E-state index contributed by atoms with van der Waals surface area (Å²) >= 11 is 0. The summed E-state index contributed by atoms with van der Waals surface area (Å²) in [6.07, 6.45) is 8.19. The van der Waals surface area contributed by atoms with Gasteiger partial charge in [-0.2, -0.15) is 0 Å². The summed E-state index contributed by atoms with van der Waals surface area (Å²) in [4.78, 5) is 16.1. The fraction of sp³-hybridized carbons (Fsp3) is 0.100. The molecular formula is C20H18FN3O2. The van der Waals surface area contributed by atoms with Crippen LogP contribution in [0, 0.1) is 5.82 Å². The van der Waals surface area contributed by atoms with Crippen LogP contribution in [0.3, 0.4) is 0 Å². The molecule has 6 heteroatoms. The van der Waals surface area contributed by atoms with Gasteiger partial charge in [0, 0.05) is 18.5 Å². The van der Waals surface area contributed by atoms with Crippen molar-refractivity contribution in [2.24, 2.45) is 0 Å². The van der Waals surface area contributed by atoms with E-state index in [2.05, 4.69) is 10.3 Å². The average molecular weight is 351 g/mol. The number of nitrogens with zero attached hydrogens (tertiary/aromatic N) is 2. The molecule has 0 saturated heterocycles. The fourth-order valence-electron chi connectivity index (χ4n) is 2.33. The molecule has 132 valence electrons. The highest BCUT2D eigenvalue weighted by atomic mass is 19.1. The van der Waals surface area contributed by atoms with Crippen molar-refractivity contribution in [3.05, 3.63) is 84.7 Å². The molecule has 0 spiro atoms. The molecule has 26 heavy (non-hydrogen) atoms. The molecule has 1 N–H and O–H groups in total. The molecular weight excluding hydrogens is 333 g/mol. The van der Waals surface area contributed by atoms with Crippen molar-refractivity contribution < 1.29 is 13.9 Å². The lowest BCUT2D eigenvalue weighted by Gasteiger charge is -2.11. The van der Waals surface area contributed by atoms with E-state index in [9.17, 15) is 9.18 Å². The molecule has 0 aliphatic rings. The molecule has 0 atom stereocenters. The first-order valence-electron chi connectivity index (χ1n) is 8.13. The van der Waals surface area contributed by atoms with Gasteiger partial charge in [-0.15, -0.1) is 0 Å². The molecule has 0 unspecified atom stereocenters. The van der Waals surface area contributed by atoms with Crippen LogP contribution in [0.2, 0.25) is 0 Å². The Morgan fingerprint density at radius 2 is 2.12 bits per heavy atom. The van der Waals surface area contributed by atoms with Gasteiger partial charge in [0.05, 0.1) is 18.6 Å². The van der Waals surface area contributed by atoms with Crippen LogP contribution in [0.25, 0.3) is 6.08 Å². The number of ether oxygens (including phenoxy) is 1. The summed E-state index contributed by atoms with van der Waals surface area (Å²) in [6.45, 7) is 1.10. The van der Waals surface area contributed by atoms with E-state index in [0.717, 1.165) is 0 Å². The van der Waals surface area contributed by atoms with Crippen molar-refractivity contribution in [2.45, 2.75) is 6.54 Å². The minimum atomic E-state index is -0.343. The Morgan fingerprint density at radius 1 is 1.23 bits per heavy atom. The SMILES string of the molecule is O=C(/C=C/c1cccc(F)c1)Nc1ccccc1OCCn1ccnc1. The molecule has 2 aromatic carbocycles. The Morgan fingerprint density at radius 3 is 2.92 bits per heavy atom. The quantitative estimate of drug-likeness (QED) is 0.660. The second kappa shape index (κ2) is 8.62. The number of anilines is 1. The Labute approximate surface area is 150 Å². The molecule has 0 saturated carbocycles. The van der Waals surface area contributed by atoms with Crippen molar-refractivity contribution in [3.8, 4) is 5.75 Å². The maximum atomic E-state index is 13.2. The van der Waals surface area contributed by atoms with Crippen molar-refractivity contribution >= 4 is 17.7 Å². The van der Waals surface area contributed by atoms with Gasteiger partial charge in [0.15, 0.2) is 0 Å². The highest BCUT2D eigenvalue weighted by Gasteiger charge is 2.05. The van der Waals surface area contributed by atoms with Crippen LogP contribution in [0.4, 0.5) is 10.1 Å². The molecule has 0 aliphatic carbocycles. The van der Waals surface area contributed by atoms with Gasteiger partial charge in [0.1, 0.15) is 18.2 Å². The number of carbonyl (C=O) groups is 1. The topological polar surface area (TPSA) is 56.1 Å². The highest BCUT2D eigenvalue weighted by Crippen LogP contribution is 2.23. The highest BCUT2D eigenvalue weighted by molar-refractivity contribution is 6.02. The molecule has 1 heterocycles. The van der Waals surface area contributed by atoms with E-state index in [-0.39, 0.29) is 11.7 Å². The van der Waals surface area contributed by atoms with Gasteiger partial charge in [-0.05, 0) is 35.9 Å². The molecule has 0 bridgehead atoms. The van der Waals surface area contributed by atoms with Gasteiger partial charge < -0.3 is 14.6 Å². The van der Waals surface area contributed by atoms with Crippen LogP contribution >= 0.6 is 0 Å². The van der Waals surface area contributed by atoms with E-state index in [1.807, 2.05) is 22.9 Å². The van der Waals surface area contributed by atoms with Crippen LogP contribution in [0.15, 0.2) is 73.3 Å². The minimum Gasteiger partial charge on any atom is -0.490 e. The number of nitrogens with one attached hydrogen (secondary N) is 1. The summed E-state index contributed by atoms with van der Waals surface area (Å²) in [6, 6.07) is 13.2. The van der Waals surface area contributed by atoms with Crippen LogP contribution in [-0.2, 0) is 11.3 Å². The average Bonchev–Trinajstić information content (AvgIpc) is 3.15. The Hall–Kier alpha value is -3.41. The number of hydrogen-bond donors (Lipinski definition) is 1. The zero-order valence-electron chi connectivity index (χ0n) is 14.0. The Kier molecular flexibility index (Phi) is 5.77. The summed E-state index contributed by atoms with van der Waals surface area (Å²) in [7, 11) is 0. The van der Waals surface area contributed by atoms with E-state index in [4.69, 9.17) is 4.74 Å². The number of halogens is 1. The van der Waals surface area contributed by atoms with Gasteiger partial charge in [-0.1, -0.05) is 24.3 Å². The maximum absolute atomic E-state index is 13.2. The lowest BCUT2D eigenvalue weighted by molar-refractivity contribution is -0.111. The van der Waals surface area contributed by atoms with Crippen LogP contribution in [0.1, 0.15) is 5.56 Å². The second-order valence-electron chi connectivity index (χ2n) is 5.52. The maximum Gasteiger partial charge on any atom is 0.248 e. The van der Waals surface area contributed by atoms with Gasteiger partial charge in [-0.3, -0.25) is 4.79 Å². The first kappa shape index (κ1) is 17.4. The molecule has 1 amide bonds. The van der Waals surface area contributed by atoms with E-state index in [1.165, 1.54) is 18.2 Å². The fourth-order valence-corrected chi connectivity index (χ4v) is 2.33. The number of carbonyl (C=O) groups excluding carboxylic acids is 1. The minimum absolute atomic E-state index is 0.320. The van der Waals surface area contributed by atoms with Gasteiger partial charge in [0.2, 0.25) is 5.91 Å². The molecule has 1 aromatic heterocycles. The third-order valence-corrected chi connectivity index (χ3v) is 3.59. The summed E-state index contributed by atoms with van der Waals surface area (Å²) in [5.41, 5.74) is 1.19. The lowest BCUT2D eigenvalue weighted by atomic mass is 10.2. The number of aromatic nitrogens is 2. The number of benzene rings is 2. The number of hydrogen-bond acceptors (Lipinski definition) is 3. The van der Waals surface area contributed by atoms with E-state index in [0.29, 0.717) is 30.2 Å². The number of rotatable bonds is 7. The molecule has 0 fully saturated rings. The standard InChI is InChI=1S/C20H18FN3O2/c21-17-5-3-4-16(14-17)8-9-20(25)23-18-6-1-2-7-19(18)26-13-12-24-11-10-22-15-24/h1-11,14-15H,12-13H2,(H,23,25)/b9-8+. The van der Waals surface area contributed by atoms with Crippen LogP contribution in [-0.4, -0.2) is 22.1 Å². The van der Waals surface area contributed by atoms with E-state index in [1.54, 1.807) is 42.9 Å². The predicted molar refractivity (Wildman–Crippen MR) is 98.2 cm³/mol. The first-order chi connectivity index (χ1) is 12.7. The largest absolute Gasteiger partial charge is 0.490 e. The Balaban J connectivity index is 1.59. The van der Waals surface area contributed by atoms with Crippen molar-refractivity contribution in [1.29, 1.82) is 0 Å². The first-order valence-corrected chi connectivity index (χ1v) is 8.13. The zero-order valence-corrected chi connectivity index (χ0v) is 14.0. The van der Waals surface area contributed by atoms with Crippen LogP contribution in [0.5, 0.6) is 5.75 Å². The van der Waals surface area contributed by atoms with Gasteiger partial charge in [-0.25, -0.2) is 9.37 Å². The number of para-hydroxylation sites is 2. The summed E-state index contributed by atoms with van der Waals surface area (Å²) in [5, 5.41) is 2.78. The smallest absolute Gasteiger partial charge is 0.248 e. The second-order valence-corrected chi connectivity index (χ2v) is 5.52. The Bertz CT molecular complexity index is 892. The normalized spacial score (nSPS) is 10.8. The molecule has 3 aromatic rings. The third kappa shape index (κ3) is 5.04. The number of imidazole rings is 1. The van der Waals surface area contributed by atoms with Crippen molar-refractivity contribution in [2.75, 3.05) is 11.9 Å². The monoisotopic (exact) mass is 351 g/mol. The number of amides is 1. The predicted octanol–water partition coefficient (Wildman–Crippen LogP) is 3.75. The summed E-state index contributed by atoms with van der Waals surface area (Å²) < 4.78 is 20.8. The summed E-state index contributed by atoms with van der Waals surface area (Å²) in [5.74, 6) is -0.0794. The molecule has 3 rings (SSSR count). The third-order valence-electron chi connectivity index (χ3n) is 3.59. The molecule has 0 radical (unpaired) electrons. The van der Waals surface area contributed by atoms with E-state index >= 15 is 0 Å². The molecule has 5 nitrogen and oxygen atoms in total. The van der Waals surface area contributed by atoms with Crippen LogP contribution < -0.4 is 10.1 Å². The molecule has 0 aliphatic heterocycles. The van der Waals surface area contributed by atoms with Gasteiger partial charge >= 0.3 is 0 Å². The zero-order chi connectivity index (χ0) is 18.2. The van der Waals surface area contributed by atoms with E-state index < -0.39 is 0 Å². The van der Waals surface area contributed by atoms with Gasteiger partial charge in [0.25, 0.3) is 0 Å². The van der Waals surface area contributed by atoms with Crippen molar-refractivity contribution in [1.82, 2.24) is 9.55 Å². The lowest BCUT2D eigenvalue weighted by Crippen LogP contribution is -2.11.